The molecule has 1 N–H and O–H groups in total. The summed E-state index contributed by atoms with van der Waals surface area (Å²) >= 11 is 1.59. The fourth-order valence-corrected chi connectivity index (χ4v) is 5.20. The Labute approximate surface area is 219 Å². The first-order valence-electron chi connectivity index (χ1n) is 11.9. The third kappa shape index (κ3) is 5.57. The Morgan fingerprint density at radius 3 is 1.89 bits per heavy atom. The Bertz CT molecular complexity index is 1380. The zero-order valence-corrected chi connectivity index (χ0v) is 20.7. The van der Waals surface area contributed by atoms with Gasteiger partial charge in [-0.2, -0.15) is 0 Å². The minimum Gasteiger partial charge on any atom is -0.454 e. The van der Waals surface area contributed by atoms with Crippen LogP contribution >= 0.6 is 11.8 Å². The molecule has 7 heteroatoms. The first kappa shape index (κ1) is 24.3. The van der Waals surface area contributed by atoms with Crippen LogP contribution in [0.15, 0.2) is 119 Å². The lowest BCUT2D eigenvalue weighted by atomic mass is 10.1. The number of hydrogen-bond donors (Lipinski definition) is 1. The van der Waals surface area contributed by atoms with E-state index in [1.807, 2.05) is 84.9 Å². The molecule has 0 aliphatic carbocycles. The Hall–Kier alpha value is -4.36. The van der Waals surface area contributed by atoms with Gasteiger partial charge in [0.05, 0.1) is 11.4 Å². The first-order valence-corrected chi connectivity index (χ1v) is 12.7. The normalized spacial score (nSPS) is 12.6. The molecule has 184 valence electrons. The molecule has 0 spiro atoms. The predicted molar refractivity (Wildman–Crippen MR) is 143 cm³/mol. The number of rotatable bonds is 7. The van der Waals surface area contributed by atoms with Crippen molar-refractivity contribution in [2.75, 3.05) is 11.5 Å². The molecule has 1 aliphatic rings. The monoisotopic (exact) mass is 508 g/mol. The van der Waals surface area contributed by atoms with Gasteiger partial charge in [0.2, 0.25) is 0 Å². The summed E-state index contributed by atoms with van der Waals surface area (Å²) in [5.74, 6) is -1.43. The van der Waals surface area contributed by atoms with Crippen LogP contribution in [0.2, 0.25) is 0 Å². The molecule has 1 atom stereocenters. The van der Waals surface area contributed by atoms with Gasteiger partial charge < -0.3 is 10.1 Å². The SMILES string of the molecule is O=C(NC(Cc1ccccc1)C(=O)OCC(=O)N1c2ccccc2Sc2ccccc21)c1ccccc1. The molecule has 37 heavy (non-hydrogen) atoms. The lowest BCUT2D eigenvalue weighted by molar-refractivity contribution is -0.149. The van der Waals surface area contributed by atoms with Crippen LogP contribution in [0.5, 0.6) is 0 Å². The van der Waals surface area contributed by atoms with Crippen LogP contribution in [0, 0.1) is 0 Å². The standard InChI is InChI=1S/C30H24N2O4S/c33-28(32-24-15-7-9-17-26(24)37-27-18-10-8-16-25(27)32)20-36-30(35)23(19-21-11-3-1-4-12-21)31-29(34)22-13-5-2-6-14-22/h1-18,23H,19-20H2,(H,31,34). The van der Waals surface area contributed by atoms with Crippen molar-refractivity contribution in [2.24, 2.45) is 0 Å². The molecule has 0 saturated carbocycles. The molecular weight excluding hydrogens is 484 g/mol. The Kier molecular flexibility index (Phi) is 7.33. The second kappa shape index (κ2) is 11.1. The third-order valence-corrected chi connectivity index (χ3v) is 7.06. The summed E-state index contributed by atoms with van der Waals surface area (Å²) in [7, 11) is 0. The van der Waals surface area contributed by atoms with Gasteiger partial charge in [0.1, 0.15) is 6.04 Å². The topological polar surface area (TPSA) is 75.7 Å². The number of para-hydroxylation sites is 2. The first-order chi connectivity index (χ1) is 18.1. The van der Waals surface area contributed by atoms with Crippen LogP contribution in [-0.2, 0) is 20.7 Å². The average molecular weight is 509 g/mol. The number of nitrogens with one attached hydrogen (secondary N) is 1. The Morgan fingerprint density at radius 2 is 1.27 bits per heavy atom. The van der Waals surface area contributed by atoms with E-state index >= 15 is 0 Å². The molecule has 0 fully saturated rings. The van der Waals surface area contributed by atoms with Crippen LogP contribution in [0.1, 0.15) is 15.9 Å². The summed E-state index contributed by atoms with van der Waals surface area (Å²) in [4.78, 5) is 42.9. The summed E-state index contributed by atoms with van der Waals surface area (Å²) in [5.41, 5.74) is 2.78. The number of ether oxygens (including phenoxy) is 1. The van der Waals surface area contributed by atoms with Crippen molar-refractivity contribution < 1.29 is 19.1 Å². The van der Waals surface area contributed by atoms with Crippen LogP contribution in [0.25, 0.3) is 0 Å². The van der Waals surface area contributed by atoms with Crippen LogP contribution < -0.4 is 10.2 Å². The maximum atomic E-state index is 13.4. The fraction of sp³-hybridized carbons (Fsp3) is 0.100. The molecule has 5 rings (SSSR count). The molecule has 1 aliphatic heterocycles. The predicted octanol–water partition coefficient (Wildman–Crippen LogP) is 5.40. The molecule has 0 radical (unpaired) electrons. The van der Waals surface area contributed by atoms with Gasteiger partial charge >= 0.3 is 5.97 Å². The van der Waals surface area contributed by atoms with Crippen molar-refractivity contribution in [3.05, 3.63) is 120 Å². The van der Waals surface area contributed by atoms with Crippen molar-refractivity contribution in [1.82, 2.24) is 5.32 Å². The van der Waals surface area contributed by atoms with Gasteiger partial charge in [-0.3, -0.25) is 14.5 Å². The highest BCUT2D eigenvalue weighted by Crippen LogP contribution is 2.47. The number of carbonyl (C=O) groups excluding carboxylic acids is 3. The van der Waals surface area contributed by atoms with E-state index in [-0.39, 0.29) is 18.2 Å². The van der Waals surface area contributed by atoms with Crippen molar-refractivity contribution in [2.45, 2.75) is 22.3 Å². The van der Waals surface area contributed by atoms with Gasteiger partial charge in [-0.05, 0) is 42.0 Å². The quantitative estimate of drug-likeness (QED) is 0.338. The van der Waals surface area contributed by atoms with Crippen LogP contribution in [-0.4, -0.2) is 30.4 Å². The molecule has 4 aromatic carbocycles. The highest BCUT2D eigenvalue weighted by molar-refractivity contribution is 7.99. The minimum absolute atomic E-state index is 0.235. The average Bonchev–Trinajstić information content (AvgIpc) is 2.95. The molecular formula is C30H24N2O4S. The van der Waals surface area contributed by atoms with E-state index in [0.29, 0.717) is 5.56 Å². The summed E-state index contributed by atoms with van der Waals surface area (Å²) in [6.07, 6.45) is 0.235. The zero-order chi connectivity index (χ0) is 25.6. The Morgan fingerprint density at radius 1 is 0.730 bits per heavy atom. The number of nitrogens with zero attached hydrogens (tertiary/aromatic N) is 1. The summed E-state index contributed by atoms with van der Waals surface area (Å²) < 4.78 is 5.51. The molecule has 0 saturated heterocycles. The second-order valence-corrected chi connectivity index (χ2v) is 9.54. The van der Waals surface area contributed by atoms with E-state index in [1.165, 1.54) is 0 Å². The largest absolute Gasteiger partial charge is 0.454 e. The highest BCUT2D eigenvalue weighted by Gasteiger charge is 2.30. The van der Waals surface area contributed by atoms with Gasteiger partial charge in [-0.25, -0.2) is 4.79 Å². The van der Waals surface area contributed by atoms with E-state index in [2.05, 4.69) is 5.32 Å². The van der Waals surface area contributed by atoms with E-state index in [9.17, 15) is 14.4 Å². The number of esters is 1. The number of anilines is 2. The molecule has 1 unspecified atom stereocenters. The summed E-state index contributed by atoms with van der Waals surface area (Å²) in [5, 5.41) is 2.77. The number of fused-ring (bicyclic) bond motifs is 2. The fourth-order valence-electron chi connectivity index (χ4n) is 4.15. The van der Waals surface area contributed by atoms with Crippen molar-refractivity contribution in [1.29, 1.82) is 0 Å². The smallest absolute Gasteiger partial charge is 0.329 e. The maximum Gasteiger partial charge on any atom is 0.329 e. The molecule has 6 nitrogen and oxygen atoms in total. The van der Waals surface area contributed by atoms with Gasteiger partial charge in [0.15, 0.2) is 6.61 Å². The number of amides is 2. The van der Waals surface area contributed by atoms with E-state index < -0.39 is 18.6 Å². The number of hydrogen-bond acceptors (Lipinski definition) is 5. The molecule has 2 amide bonds. The van der Waals surface area contributed by atoms with Gasteiger partial charge in [-0.1, -0.05) is 84.6 Å². The Balaban J connectivity index is 1.33. The maximum absolute atomic E-state index is 13.4. The van der Waals surface area contributed by atoms with Gasteiger partial charge in [0.25, 0.3) is 11.8 Å². The lowest BCUT2D eigenvalue weighted by Gasteiger charge is -2.31. The van der Waals surface area contributed by atoms with Crippen LogP contribution in [0.4, 0.5) is 11.4 Å². The van der Waals surface area contributed by atoms with E-state index in [4.69, 9.17) is 4.74 Å². The van der Waals surface area contributed by atoms with Gasteiger partial charge in [-0.15, -0.1) is 0 Å². The van der Waals surface area contributed by atoms with Crippen molar-refractivity contribution in [3.63, 3.8) is 0 Å². The molecule has 4 aromatic rings. The molecule has 0 aromatic heterocycles. The van der Waals surface area contributed by atoms with Crippen LogP contribution in [0.3, 0.4) is 0 Å². The van der Waals surface area contributed by atoms with E-state index in [1.54, 1.807) is 40.9 Å². The third-order valence-electron chi connectivity index (χ3n) is 5.93. The lowest BCUT2D eigenvalue weighted by Crippen LogP contribution is -2.44. The zero-order valence-electron chi connectivity index (χ0n) is 19.9. The van der Waals surface area contributed by atoms with Crippen molar-refractivity contribution in [3.8, 4) is 0 Å². The highest BCUT2D eigenvalue weighted by atomic mass is 32.2. The van der Waals surface area contributed by atoms with Crippen molar-refractivity contribution >= 4 is 40.9 Å². The second-order valence-electron chi connectivity index (χ2n) is 8.46. The number of benzene rings is 4. The van der Waals surface area contributed by atoms with Gasteiger partial charge in [0, 0.05) is 21.8 Å². The minimum atomic E-state index is -0.959. The van der Waals surface area contributed by atoms with E-state index in [0.717, 1.165) is 26.7 Å². The summed E-state index contributed by atoms with van der Waals surface area (Å²) in [6.45, 7) is -0.460. The number of carbonyl (C=O) groups is 3. The summed E-state index contributed by atoms with van der Waals surface area (Å²) in [6, 6.07) is 32.3. The molecule has 1 heterocycles. The molecule has 0 bridgehead atoms.